The van der Waals surface area contributed by atoms with E-state index in [1.165, 1.54) is 12.8 Å². The van der Waals surface area contributed by atoms with E-state index < -0.39 is 0 Å². The quantitative estimate of drug-likeness (QED) is 0.855. The normalized spacial score (nSPS) is 23.9. The molecule has 5 heteroatoms. The van der Waals surface area contributed by atoms with Gasteiger partial charge in [-0.15, -0.1) is 0 Å². The molecule has 0 radical (unpaired) electrons. The molecule has 0 spiro atoms. The Bertz CT molecular complexity index is 467. The van der Waals surface area contributed by atoms with E-state index in [0.29, 0.717) is 0 Å². The van der Waals surface area contributed by atoms with Crippen molar-refractivity contribution < 1.29 is 9.31 Å². The summed E-state index contributed by atoms with van der Waals surface area (Å²) >= 11 is 0. The summed E-state index contributed by atoms with van der Waals surface area (Å²) in [7, 11) is -0.329. The van der Waals surface area contributed by atoms with Crippen molar-refractivity contribution >= 4 is 18.4 Å². The third kappa shape index (κ3) is 2.70. The topological polar surface area (TPSA) is 43.4 Å². The maximum Gasteiger partial charge on any atom is 0.496 e. The first-order chi connectivity index (χ1) is 9.37. The second kappa shape index (κ2) is 4.74. The highest BCUT2D eigenvalue weighted by molar-refractivity contribution is 6.62. The van der Waals surface area contributed by atoms with Crippen molar-refractivity contribution in [3.8, 4) is 0 Å². The van der Waals surface area contributed by atoms with Crippen molar-refractivity contribution in [1.29, 1.82) is 0 Å². The Morgan fingerprint density at radius 2 is 1.85 bits per heavy atom. The van der Waals surface area contributed by atoms with Gasteiger partial charge in [0.15, 0.2) is 0 Å². The molecule has 0 aromatic carbocycles. The minimum absolute atomic E-state index is 0.305. The van der Waals surface area contributed by atoms with E-state index in [2.05, 4.69) is 38.0 Å². The Kier molecular flexibility index (Phi) is 3.29. The van der Waals surface area contributed by atoms with Crippen LogP contribution in [0.1, 0.15) is 40.5 Å². The van der Waals surface area contributed by atoms with E-state index in [-0.39, 0.29) is 18.3 Å². The summed E-state index contributed by atoms with van der Waals surface area (Å²) in [6, 6.07) is 4.03. The summed E-state index contributed by atoms with van der Waals surface area (Å²) in [5.74, 6) is 1.77. The van der Waals surface area contributed by atoms with Gasteiger partial charge in [-0.2, -0.15) is 0 Å². The Balaban J connectivity index is 1.65. The summed E-state index contributed by atoms with van der Waals surface area (Å²) in [5, 5.41) is 3.36. The predicted octanol–water partition coefficient (Wildman–Crippen LogP) is 2.20. The first-order valence-electron chi connectivity index (χ1n) is 7.43. The molecule has 2 aliphatic rings. The predicted molar refractivity (Wildman–Crippen MR) is 81.2 cm³/mol. The van der Waals surface area contributed by atoms with Gasteiger partial charge in [-0.25, -0.2) is 4.98 Å². The maximum atomic E-state index is 6.02. The first kappa shape index (κ1) is 13.9. The number of anilines is 1. The van der Waals surface area contributed by atoms with Crippen LogP contribution >= 0.6 is 0 Å². The second-order valence-corrected chi connectivity index (χ2v) is 6.89. The highest BCUT2D eigenvalue weighted by Crippen LogP contribution is 2.36. The van der Waals surface area contributed by atoms with Crippen LogP contribution in [-0.2, 0) is 9.31 Å². The fourth-order valence-electron chi connectivity index (χ4n) is 2.20. The van der Waals surface area contributed by atoms with E-state index in [0.717, 1.165) is 23.7 Å². The van der Waals surface area contributed by atoms with E-state index in [4.69, 9.17) is 9.31 Å². The van der Waals surface area contributed by atoms with E-state index >= 15 is 0 Å². The van der Waals surface area contributed by atoms with Crippen LogP contribution < -0.4 is 10.8 Å². The van der Waals surface area contributed by atoms with Crippen LogP contribution in [0.25, 0.3) is 0 Å². The molecule has 0 unspecified atom stereocenters. The molecule has 1 N–H and O–H groups in total. The first-order valence-corrected chi connectivity index (χ1v) is 7.43. The van der Waals surface area contributed by atoms with Gasteiger partial charge in [0, 0.05) is 18.2 Å². The minimum Gasteiger partial charge on any atom is -0.399 e. The lowest BCUT2D eigenvalue weighted by molar-refractivity contribution is 0.00578. The van der Waals surface area contributed by atoms with Crippen molar-refractivity contribution in [3.63, 3.8) is 0 Å². The average molecular weight is 274 g/mol. The minimum atomic E-state index is -0.329. The standard InChI is InChI=1S/C15H23BN2O2/c1-14(2)15(3,4)20-16(19-14)12-7-8-13(18-10-12)17-9-11-5-6-11/h7-8,10-11H,5-6,9H2,1-4H3,(H,17,18). The third-order valence-corrected chi connectivity index (χ3v) is 4.58. The largest absolute Gasteiger partial charge is 0.496 e. The van der Waals surface area contributed by atoms with Crippen LogP contribution in [0.4, 0.5) is 5.82 Å². The highest BCUT2D eigenvalue weighted by Gasteiger charge is 2.51. The van der Waals surface area contributed by atoms with Gasteiger partial charge < -0.3 is 14.6 Å². The van der Waals surface area contributed by atoms with Gasteiger partial charge in [-0.3, -0.25) is 0 Å². The Morgan fingerprint density at radius 3 is 2.35 bits per heavy atom. The summed E-state index contributed by atoms with van der Waals surface area (Å²) in [6.45, 7) is 9.28. The van der Waals surface area contributed by atoms with E-state index in [1.807, 2.05) is 18.3 Å². The zero-order valence-corrected chi connectivity index (χ0v) is 12.8. The van der Waals surface area contributed by atoms with Gasteiger partial charge in [0.2, 0.25) is 0 Å². The van der Waals surface area contributed by atoms with Gasteiger partial charge in [0.1, 0.15) is 5.82 Å². The number of aromatic nitrogens is 1. The Hall–Kier alpha value is -1.07. The monoisotopic (exact) mass is 274 g/mol. The van der Waals surface area contributed by atoms with Crippen LogP contribution in [-0.4, -0.2) is 29.8 Å². The fraction of sp³-hybridized carbons (Fsp3) is 0.667. The molecule has 0 amide bonds. The van der Waals surface area contributed by atoms with Crippen molar-refractivity contribution in [3.05, 3.63) is 18.3 Å². The summed E-state index contributed by atoms with van der Waals surface area (Å²) in [4.78, 5) is 4.45. The molecule has 2 fully saturated rings. The molecule has 2 heterocycles. The van der Waals surface area contributed by atoms with E-state index in [1.54, 1.807) is 0 Å². The summed E-state index contributed by atoms with van der Waals surface area (Å²) in [6.07, 6.45) is 4.54. The molecule has 1 aliphatic carbocycles. The van der Waals surface area contributed by atoms with Gasteiger partial charge >= 0.3 is 7.12 Å². The SMILES string of the molecule is CC1(C)OB(c2ccc(NCC3CC3)nc2)OC1(C)C. The molecule has 108 valence electrons. The molecule has 1 aromatic rings. The van der Waals surface area contributed by atoms with Crippen molar-refractivity contribution in [2.45, 2.75) is 51.7 Å². The molecular formula is C15H23BN2O2. The van der Waals surface area contributed by atoms with Crippen molar-refractivity contribution in [1.82, 2.24) is 4.98 Å². The number of pyridine rings is 1. The molecule has 1 aromatic heterocycles. The summed E-state index contributed by atoms with van der Waals surface area (Å²) in [5.41, 5.74) is 0.363. The van der Waals surface area contributed by atoms with Crippen LogP contribution in [0.5, 0.6) is 0 Å². The Labute approximate surface area is 121 Å². The molecule has 20 heavy (non-hydrogen) atoms. The number of nitrogens with one attached hydrogen (secondary N) is 1. The van der Waals surface area contributed by atoms with Crippen molar-refractivity contribution in [2.75, 3.05) is 11.9 Å². The number of hydrogen-bond acceptors (Lipinski definition) is 4. The van der Waals surface area contributed by atoms with Crippen LogP contribution in [0.15, 0.2) is 18.3 Å². The van der Waals surface area contributed by atoms with Crippen LogP contribution in [0.3, 0.4) is 0 Å². The zero-order valence-electron chi connectivity index (χ0n) is 12.8. The molecule has 0 bridgehead atoms. The average Bonchev–Trinajstić information content (AvgIpc) is 3.16. The van der Waals surface area contributed by atoms with E-state index in [9.17, 15) is 0 Å². The fourth-order valence-corrected chi connectivity index (χ4v) is 2.20. The molecular weight excluding hydrogens is 251 g/mol. The molecule has 1 aliphatic heterocycles. The molecule has 4 nitrogen and oxygen atoms in total. The molecule has 1 saturated heterocycles. The molecule has 1 saturated carbocycles. The number of nitrogens with zero attached hydrogens (tertiary/aromatic N) is 1. The van der Waals surface area contributed by atoms with Gasteiger partial charge in [-0.1, -0.05) is 6.07 Å². The van der Waals surface area contributed by atoms with Crippen LogP contribution in [0.2, 0.25) is 0 Å². The van der Waals surface area contributed by atoms with Gasteiger partial charge in [0.05, 0.1) is 11.2 Å². The lowest BCUT2D eigenvalue weighted by Crippen LogP contribution is -2.41. The van der Waals surface area contributed by atoms with Crippen LogP contribution in [0, 0.1) is 5.92 Å². The number of rotatable bonds is 4. The third-order valence-electron chi connectivity index (χ3n) is 4.58. The van der Waals surface area contributed by atoms with Gasteiger partial charge in [-0.05, 0) is 52.5 Å². The Morgan fingerprint density at radius 1 is 1.20 bits per heavy atom. The lowest BCUT2D eigenvalue weighted by Gasteiger charge is -2.32. The van der Waals surface area contributed by atoms with Gasteiger partial charge in [0.25, 0.3) is 0 Å². The maximum absolute atomic E-state index is 6.02. The highest BCUT2D eigenvalue weighted by atomic mass is 16.7. The zero-order chi connectivity index (χ0) is 14.4. The smallest absolute Gasteiger partial charge is 0.399 e. The molecule has 0 atom stereocenters. The number of hydrogen-bond donors (Lipinski definition) is 1. The lowest BCUT2D eigenvalue weighted by atomic mass is 9.80. The summed E-state index contributed by atoms with van der Waals surface area (Å²) < 4.78 is 12.0. The van der Waals surface area contributed by atoms with Crippen molar-refractivity contribution in [2.24, 2.45) is 5.92 Å². The second-order valence-electron chi connectivity index (χ2n) is 6.89. The molecule has 3 rings (SSSR count).